The van der Waals surface area contributed by atoms with Crippen LogP contribution in [0.15, 0.2) is 41.1 Å². The molecule has 0 spiro atoms. The quantitative estimate of drug-likeness (QED) is 0.343. The minimum atomic E-state index is -0.893. The van der Waals surface area contributed by atoms with Crippen molar-refractivity contribution in [2.45, 2.75) is 84.3 Å². The molecule has 0 radical (unpaired) electrons. The van der Waals surface area contributed by atoms with E-state index in [0.29, 0.717) is 22.8 Å². The van der Waals surface area contributed by atoms with Gasteiger partial charge in [-0.3, -0.25) is 9.59 Å². The van der Waals surface area contributed by atoms with Gasteiger partial charge in [0.15, 0.2) is 5.78 Å². The van der Waals surface area contributed by atoms with Crippen LogP contribution in [0.3, 0.4) is 0 Å². The molecule has 6 rings (SSSR count). The monoisotopic (exact) mass is 509 g/mol. The molecule has 5 nitrogen and oxygen atoms in total. The summed E-state index contributed by atoms with van der Waals surface area (Å²) in [4.78, 5) is 31.3. The van der Waals surface area contributed by atoms with E-state index in [1.807, 2.05) is 24.3 Å². The van der Waals surface area contributed by atoms with Crippen molar-refractivity contribution in [1.82, 2.24) is 0 Å². The van der Waals surface area contributed by atoms with E-state index in [1.54, 1.807) is 6.92 Å². The van der Waals surface area contributed by atoms with E-state index in [0.717, 1.165) is 56.2 Å². The van der Waals surface area contributed by atoms with Gasteiger partial charge in [0.25, 0.3) is 0 Å². The highest BCUT2D eigenvalue weighted by Gasteiger charge is 2.74. The molecule has 0 saturated heterocycles. The maximum absolute atomic E-state index is 13.4. The Morgan fingerprint density at radius 2 is 1.83 bits per heavy atom. The number of ketones is 1. The molecule has 5 aliphatic rings. The highest BCUT2D eigenvalue weighted by molar-refractivity contribution is 6.30. The molecule has 0 aromatic heterocycles. The number of benzene rings is 1. The maximum Gasteiger partial charge on any atom is 0.302 e. The number of hydrogen-bond donors (Lipinski definition) is 0. The van der Waals surface area contributed by atoms with E-state index in [9.17, 15) is 9.59 Å². The fourth-order valence-corrected chi connectivity index (χ4v) is 9.37. The second-order valence-electron chi connectivity index (χ2n) is 12.3. The smallest absolute Gasteiger partial charge is 0.302 e. The summed E-state index contributed by atoms with van der Waals surface area (Å²) < 4.78 is 5.60. The molecule has 0 bridgehead atoms. The Bertz CT molecular complexity index is 1170. The van der Waals surface area contributed by atoms with Crippen LogP contribution < -0.4 is 0 Å². The van der Waals surface area contributed by atoms with Crippen molar-refractivity contribution < 1.29 is 19.2 Å². The lowest BCUT2D eigenvalue weighted by molar-refractivity contribution is -0.174. The minimum Gasteiger partial charge on any atom is -0.462 e. The van der Waals surface area contributed by atoms with Crippen LogP contribution >= 0.6 is 11.6 Å². The van der Waals surface area contributed by atoms with Crippen molar-refractivity contribution in [3.05, 3.63) is 46.5 Å². The third-order valence-electron chi connectivity index (χ3n) is 10.9. The van der Waals surface area contributed by atoms with Crippen molar-refractivity contribution >= 4 is 29.1 Å². The number of allylic oxidation sites excluding steroid dienone is 1. The Morgan fingerprint density at radius 3 is 2.53 bits per heavy atom. The summed E-state index contributed by atoms with van der Waals surface area (Å²) >= 11 is 6.15. The van der Waals surface area contributed by atoms with Gasteiger partial charge in [0.1, 0.15) is 6.10 Å². The lowest BCUT2D eigenvalue weighted by Crippen LogP contribution is -2.58. The van der Waals surface area contributed by atoms with E-state index < -0.39 is 5.60 Å². The number of halogens is 1. The summed E-state index contributed by atoms with van der Waals surface area (Å²) in [5.74, 6) is 1.36. The second-order valence-corrected chi connectivity index (χ2v) is 12.8. The largest absolute Gasteiger partial charge is 0.462 e. The molecule has 36 heavy (non-hydrogen) atoms. The number of rotatable bonds is 3. The van der Waals surface area contributed by atoms with Gasteiger partial charge in [-0.05, 0) is 86.3 Å². The second kappa shape index (κ2) is 8.18. The number of fused-ring (bicyclic) bond motifs is 7. The zero-order valence-corrected chi connectivity index (χ0v) is 22.4. The van der Waals surface area contributed by atoms with Gasteiger partial charge < -0.3 is 9.57 Å². The summed E-state index contributed by atoms with van der Waals surface area (Å²) in [5, 5.41) is 5.25. The van der Waals surface area contributed by atoms with Crippen LogP contribution in [0.5, 0.6) is 0 Å². The molecule has 8 atom stereocenters. The number of esters is 1. The van der Waals surface area contributed by atoms with Crippen molar-refractivity contribution in [3.8, 4) is 0 Å². The third-order valence-corrected chi connectivity index (χ3v) is 11.1. The molecule has 3 unspecified atom stereocenters. The van der Waals surface area contributed by atoms with E-state index in [4.69, 9.17) is 21.2 Å². The highest BCUT2D eigenvalue weighted by Crippen LogP contribution is 2.70. The van der Waals surface area contributed by atoms with Crippen molar-refractivity contribution in [3.63, 3.8) is 0 Å². The SMILES string of the molecule is CC(=O)O[C@H]1CC[C@@]2(C)C(=CCC3C2CC[C@@]2(C)C3C[C@H]3C(c4ccc(Cl)cc4)=NO[C@]32C(C)=O)C1. The Balaban J connectivity index is 1.34. The van der Waals surface area contributed by atoms with Crippen molar-refractivity contribution in [1.29, 1.82) is 0 Å². The lowest BCUT2D eigenvalue weighted by atomic mass is 9.46. The molecule has 3 fully saturated rings. The summed E-state index contributed by atoms with van der Waals surface area (Å²) in [5.41, 5.74) is 2.36. The van der Waals surface area contributed by atoms with E-state index in [2.05, 4.69) is 25.1 Å². The summed E-state index contributed by atoms with van der Waals surface area (Å²) in [6, 6.07) is 7.75. The van der Waals surface area contributed by atoms with E-state index >= 15 is 0 Å². The average Bonchev–Trinajstić information content (AvgIpc) is 3.34. The highest BCUT2D eigenvalue weighted by atomic mass is 35.5. The summed E-state index contributed by atoms with van der Waals surface area (Å²) in [6.45, 7) is 7.95. The van der Waals surface area contributed by atoms with E-state index in [1.165, 1.54) is 12.5 Å². The first-order chi connectivity index (χ1) is 17.1. The van der Waals surface area contributed by atoms with Crippen LogP contribution in [-0.4, -0.2) is 29.2 Å². The Kier molecular flexibility index (Phi) is 5.50. The Morgan fingerprint density at radius 1 is 1.08 bits per heavy atom. The van der Waals surface area contributed by atoms with Crippen LogP contribution in [0.25, 0.3) is 0 Å². The van der Waals surface area contributed by atoms with E-state index in [-0.39, 0.29) is 34.6 Å². The van der Waals surface area contributed by atoms with Gasteiger partial charge in [0.2, 0.25) is 5.60 Å². The average molecular weight is 510 g/mol. The number of Topliss-reactive ketones (excluding diaryl/α,β-unsaturated/α-hetero) is 1. The van der Waals surface area contributed by atoms with Crippen molar-refractivity contribution in [2.75, 3.05) is 0 Å². The number of oxime groups is 1. The zero-order chi connectivity index (χ0) is 25.5. The molecule has 192 valence electrons. The minimum absolute atomic E-state index is 0.00518. The van der Waals surface area contributed by atoms with Gasteiger partial charge in [-0.1, -0.05) is 54.4 Å². The topological polar surface area (TPSA) is 65.0 Å². The number of nitrogens with zero attached hydrogens (tertiary/aromatic N) is 1. The fraction of sp³-hybridized carbons (Fsp3) is 0.633. The molecule has 1 aromatic rings. The van der Waals surface area contributed by atoms with Crippen molar-refractivity contribution in [2.24, 2.45) is 39.7 Å². The van der Waals surface area contributed by atoms with Crippen LogP contribution in [0.1, 0.15) is 78.2 Å². The first-order valence-corrected chi connectivity index (χ1v) is 13.9. The fourth-order valence-electron chi connectivity index (χ4n) is 9.24. The first-order valence-electron chi connectivity index (χ1n) is 13.5. The van der Waals surface area contributed by atoms with Gasteiger partial charge in [-0.15, -0.1) is 0 Å². The number of carbonyl (C=O) groups excluding carboxylic acids is 2. The van der Waals surface area contributed by atoms with Crippen LogP contribution in [0.2, 0.25) is 5.02 Å². The zero-order valence-electron chi connectivity index (χ0n) is 21.7. The normalized spacial score (nSPS) is 42.6. The summed E-state index contributed by atoms with van der Waals surface area (Å²) in [6.07, 6.45) is 9.30. The van der Waals surface area contributed by atoms with Crippen LogP contribution in [0.4, 0.5) is 0 Å². The first kappa shape index (κ1) is 24.2. The summed E-state index contributed by atoms with van der Waals surface area (Å²) in [7, 11) is 0. The molecule has 0 amide bonds. The van der Waals surface area contributed by atoms with Gasteiger partial charge in [0, 0.05) is 23.8 Å². The van der Waals surface area contributed by atoms with Crippen LogP contribution in [0, 0.1) is 34.5 Å². The Labute approximate surface area is 218 Å². The molecule has 1 aromatic carbocycles. The predicted octanol–water partition coefficient (Wildman–Crippen LogP) is 6.52. The maximum atomic E-state index is 13.4. The van der Waals surface area contributed by atoms with Gasteiger partial charge >= 0.3 is 5.97 Å². The molecule has 0 N–H and O–H groups in total. The number of carbonyl (C=O) groups is 2. The van der Waals surface area contributed by atoms with Crippen LogP contribution in [-0.2, 0) is 19.2 Å². The molecule has 1 aliphatic heterocycles. The van der Waals surface area contributed by atoms with Gasteiger partial charge in [-0.2, -0.15) is 0 Å². The number of ether oxygens (including phenoxy) is 1. The van der Waals surface area contributed by atoms with Gasteiger partial charge in [-0.25, -0.2) is 0 Å². The molecular formula is C30H36ClNO4. The lowest BCUT2D eigenvalue weighted by Gasteiger charge is -2.58. The predicted molar refractivity (Wildman–Crippen MR) is 139 cm³/mol. The molecule has 3 saturated carbocycles. The molecule has 1 heterocycles. The molecular weight excluding hydrogens is 474 g/mol. The standard InChI is InChI=1S/C30H36ClNO4/c1-17(33)30-26(27(32-36-30)19-5-8-21(31)9-6-19)16-25-23-10-7-20-15-22(35-18(2)34)11-13-28(20,3)24(23)12-14-29(25,30)4/h5-9,22-26H,10-16H2,1-4H3/t22-,23?,24?,25?,26-,28-,29-,30+/m0/s1. The number of hydrogen-bond acceptors (Lipinski definition) is 5. The van der Waals surface area contributed by atoms with Gasteiger partial charge in [0.05, 0.1) is 11.6 Å². The molecule has 6 heteroatoms. The molecule has 4 aliphatic carbocycles. The Hall–Kier alpha value is -2.14. The third kappa shape index (κ3) is 3.17.